The fourth-order valence-corrected chi connectivity index (χ4v) is 4.42. The van der Waals surface area contributed by atoms with E-state index in [1.54, 1.807) is 0 Å². The van der Waals surface area contributed by atoms with Gasteiger partial charge in [-0.1, -0.05) is 6.42 Å². The molecule has 2 aliphatic heterocycles. The number of ether oxygens (including phenoxy) is 2. The summed E-state index contributed by atoms with van der Waals surface area (Å²) in [6.45, 7) is 6.73. The average molecular weight is 365 g/mol. The second-order valence-corrected chi connectivity index (χ2v) is 8.19. The van der Waals surface area contributed by atoms with Crippen molar-refractivity contribution in [1.29, 1.82) is 0 Å². The number of likely N-dealkylation sites (tertiary alicyclic amines) is 1. The van der Waals surface area contributed by atoms with Gasteiger partial charge >= 0.3 is 0 Å². The smallest absolute Gasteiger partial charge is 0.213 e. The Bertz CT molecular complexity index is 855. The molecule has 0 unspecified atom stereocenters. The van der Waals surface area contributed by atoms with Crippen molar-refractivity contribution < 1.29 is 9.47 Å². The Morgan fingerprint density at radius 1 is 1.15 bits per heavy atom. The minimum atomic E-state index is -0.437. The third-order valence-electron chi connectivity index (χ3n) is 6.35. The molecule has 1 aliphatic carbocycles. The molecule has 2 fully saturated rings. The summed E-state index contributed by atoms with van der Waals surface area (Å²) < 4.78 is 12.7. The SMILES string of the molecule is Cc1cnc(C)c(-c2ccc3c(c2)COC2(CCN(C4CCC4)CC2)O3)n1. The number of rotatable bonds is 2. The van der Waals surface area contributed by atoms with E-state index in [2.05, 4.69) is 33.1 Å². The lowest BCUT2D eigenvalue weighted by molar-refractivity contribution is -0.231. The molecule has 0 atom stereocenters. The quantitative estimate of drug-likeness (QED) is 0.805. The molecule has 1 spiro atoms. The first-order valence-corrected chi connectivity index (χ1v) is 10.1. The van der Waals surface area contributed by atoms with Gasteiger partial charge in [-0.05, 0) is 44.9 Å². The zero-order chi connectivity index (χ0) is 18.4. The number of aryl methyl sites for hydroxylation is 2. The Labute approximate surface area is 160 Å². The molecule has 142 valence electrons. The topological polar surface area (TPSA) is 47.5 Å². The summed E-state index contributed by atoms with van der Waals surface area (Å²) in [5.74, 6) is 0.522. The third kappa shape index (κ3) is 3.13. The van der Waals surface area contributed by atoms with E-state index in [1.165, 1.54) is 19.3 Å². The molecule has 0 amide bonds. The highest BCUT2D eigenvalue weighted by atomic mass is 16.7. The molecule has 27 heavy (non-hydrogen) atoms. The summed E-state index contributed by atoms with van der Waals surface area (Å²) >= 11 is 0. The van der Waals surface area contributed by atoms with Crippen molar-refractivity contribution in [3.63, 3.8) is 0 Å². The molecule has 1 aromatic carbocycles. The molecule has 1 saturated heterocycles. The van der Waals surface area contributed by atoms with Gasteiger partial charge in [0.05, 0.1) is 23.7 Å². The molecule has 3 heterocycles. The predicted octanol–water partition coefficient (Wildman–Crippen LogP) is 4.01. The van der Waals surface area contributed by atoms with Gasteiger partial charge in [-0.15, -0.1) is 0 Å². The highest BCUT2D eigenvalue weighted by Gasteiger charge is 2.42. The van der Waals surface area contributed by atoms with E-state index in [1.807, 2.05) is 20.0 Å². The second-order valence-electron chi connectivity index (χ2n) is 8.19. The van der Waals surface area contributed by atoms with E-state index < -0.39 is 5.79 Å². The van der Waals surface area contributed by atoms with Crippen molar-refractivity contribution >= 4 is 0 Å². The van der Waals surface area contributed by atoms with Crippen LogP contribution in [-0.2, 0) is 11.3 Å². The number of hydrogen-bond acceptors (Lipinski definition) is 5. The standard InChI is InChI=1S/C22H27N3O2/c1-15-13-23-16(2)21(24-15)17-6-7-20-18(12-17)14-26-22(27-20)8-10-25(11-9-22)19-4-3-5-19/h6-7,12-13,19H,3-5,8-11,14H2,1-2H3. The van der Waals surface area contributed by atoms with Crippen LogP contribution in [0.15, 0.2) is 24.4 Å². The van der Waals surface area contributed by atoms with Crippen molar-refractivity contribution in [2.45, 2.75) is 64.4 Å². The largest absolute Gasteiger partial charge is 0.462 e. The molecule has 5 heteroatoms. The van der Waals surface area contributed by atoms with E-state index in [-0.39, 0.29) is 0 Å². The first-order valence-electron chi connectivity index (χ1n) is 10.1. The molecule has 1 saturated carbocycles. The second kappa shape index (κ2) is 6.57. The van der Waals surface area contributed by atoms with Crippen molar-refractivity contribution in [2.24, 2.45) is 0 Å². The van der Waals surface area contributed by atoms with Crippen LogP contribution in [0.3, 0.4) is 0 Å². The van der Waals surface area contributed by atoms with E-state index in [0.29, 0.717) is 6.61 Å². The van der Waals surface area contributed by atoms with Gasteiger partial charge in [0.2, 0.25) is 5.79 Å². The molecule has 0 N–H and O–H groups in total. The molecule has 2 aromatic rings. The Kier molecular flexibility index (Phi) is 4.17. The molecule has 0 radical (unpaired) electrons. The maximum atomic E-state index is 6.40. The normalized spacial score (nSPS) is 22.1. The Balaban J connectivity index is 1.34. The zero-order valence-electron chi connectivity index (χ0n) is 16.2. The van der Waals surface area contributed by atoms with E-state index >= 15 is 0 Å². The minimum absolute atomic E-state index is 0.437. The minimum Gasteiger partial charge on any atom is -0.462 e. The lowest BCUT2D eigenvalue weighted by atomic mass is 9.89. The molecular weight excluding hydrogens is 338 g/mol. The van der Waals surface area contributed by atoms with Crippen LogP contribution in [0, 0.1) is 13.8 Å². The van der Waals surface area contributed by atoms with E-state index in [9.17, 15) is 0 Å². The van der Waals surface area contributed by atoms with Crippen LogP contribution in [0.25, 0.3) is 11.3 Å². The number of fused-ring (bicyclic) bond motifs is 1. The number of hydrogen-bond donors (Lipinski definition) is 0. The van der Waals surface area contributed by atoms with Gasteiger partial charge < -0.3 is 9.47 Å². The van der Waals surface area contributed by atoms with Gasteiger partial charge in [0.1, 0.15) is 5.75 Å². The monoisotopic (exact) mass is 365 g/mol. The maximum Gasteiger partial charge on any atom is 0.213 e. The summed E-state index contributed by atoms with van der Waals surface area (Å²) in [6.07, 6.45) is 7.83. The van der Waals surface area contributed by atoms with Gasteiger partial charge in [-0.2, -0.15) is 0 Å². The van der Waals surface area contributed by atoms with Gasteiger partial charge in [0.15, 0.2) is 0 Å². The van der Waals surface area contributed by atoms with E-state index in [4.69, 9.17) is 9.47 Å². The Hall–Kier alpha value is -1.98. The fraction of sp³-hybridized carbons (Fsp3) is 0.545. The average Bonchev–Trinajstić information content (AvgIpc) is 2.64. The van der Waals surface area contributed by atoms with Crippen LogP contribution in [0.2, 0.25) is 0 Å². The van der Waals surface area contributed by atoms with Crippen LogP contribution >= 0.6 is 0 Å². The lowest BCUT2D eigenvalue weighted by Gasteiger charge is -2.47. The fourth-order valence-electron chi connectivity index (χ4n) is 4.42. The molecule has 5 nitrogen and oxygen atoms in total. The molecule has 3 aliphatic rings. The van der Waals surface area contributed by atoms with Crippen molar-refractivity contribution in [1.82, 2.24) is 14.9 Å². The highest BCUT2D eigenvalue weighted by molar-refractivity contribution is 5.64. The molecule has 5 rings (SSSR count). The van der Waals surface area contributed by atoms with Crippen LogP contribution in [-0.4, -0.2) is 39.8 Å². The van der Waals surface area contributed by atoms with Crippen LogP contribution < -0.4 is 4.74 Å². The lowest BCUT2D eigenvalue weighted by Crippen LogP contribution is -2.54. The molecule has 1 aromatic heterocycles. The molecule has 0 bridgehead atoms. The van der Waals surface area contributed by atoms with Crippen molar-refractivity contribution in [3.05, 3.63) is 41.3 Å². The van der Waals surface area contributed by atoms with Crippen molar-refractivity contribution in [2.75, 3.05) is 13.1 Å². The van der Waals surface area contributed by atoms with Crippen molar-refractivity contribution in [3.8, 4) is 17.0 Å². The van der Waals surface area contributed by atoms with Crippen LogP contribution in [0.1, 0.15) is 49.1 Å². The first-order chi connectivity index (χ1) is 13.1. The zero-order valence-corrected chi connectivity index (χ0v) is 16.2. The summed E-state index contributed by atoms with van der Waals surface area (Å²) in [5, 5.41) is 0. The van der Waals surface area contributed by atoms with Crippen LogP contribution in [0.4, 0.5) is 0 Å². The van der Waals surface area contributed by atoms with Crippen LogP contribution in [0.5, 0.6) is 5.75 Å². The molecular formula is C22H27N3O2. The van der Waals surface area contributed by atoms with Gasteiger partial charge in [-0.3, -0.25) is 9.88 Å². The predicted molar refractivity (Wildman–Crippen MR) is 104 cm³/mol. The summed E-state index contributed by atoms with van der Waals surface area (Å²) in [7, 11) is 0. The van der Waals surface area contributed by atoms with E-state index in [0.717, 1.165) is 65.9 Å². The van der Waals surface area contributed by atoms with Gasteiger partial charge in [0, 0.05) is 49.3 Å². The number of benzene rings is 1. The number of piperidine rings is 1. The first kappa shape index (κ1) is 17.1. The summed E-state index contributed by atoms with van der Waals surface area (Å²) in [4.78, 5) is 11.7. The summed E-state index contributed by atoms with van der Waals surface area (Å²) in [6, 6.07) is 7.12. The summed E-state index contributed by atoms with van der Waals surface area (Å²) in [5.41, 5.74) is 4.98. The number of aromatic nitrogens is 2. The Morgan fingerprint density at radius 3 is 2.70 bits per heavy atom. The Morgan fingerprint density at radius 2 is 1.96 bits per heavy atom. The highest BCUT2D eigenvalue weighted by Crippen LogP contribution is 2.40. The van der Waals surface area contributed by atoms with Gasteiger partial charge in [0.25, 0.3) is 0 Å². The maximum absolute atomic E-state index is 6.40. The van der Waals surface area contributed by atoms with Gasteiger partial charge in [-0.25, -0.2) is 4.98 Å². The number of nitrogens with zero attached hydrogens (tertiary/aromatic N) is 3. The third-order valence-corrected chi connectivity index (χ3v) is 6.35.